The third-order valence-electron chi connectivity index (χ3n) is 7.27. The zero-order valence-electron chi connectivity index (χ0n) is 23.7. The lowest BCUT2D eigenvalue weighted by Crippen LogP contribution is -2.46. The predicted octanol–water partition coefficient (Wildman–Crippen LogP) is 5.25. The van der Waals surface area contributed by atoms with Crippen molar-refractivity contribution >= 4 is 12.0 Å². The van der Waals surface area contributed by atoms with E-state index in [4.69, 9.17) is 10.3 Å². The quantitative estimate of drug-likeness (QED) is 0.100. The molecule has 12 heteroatoms. The highest BCUT2D eigenvalue weighted by Crippen LogP contribution is 2.44. The standard InChI is InChI=1S/C31H31N9O3/c1-20-36-38-29(39-37-20)22-15-13-21(14-16-22)18-33-30(41)28(12-6-7-17-34-40-32)35-31(42)43-19-27-25-10-4-2-8-23(25)24-9-3-5-11-26(24)27/h2-5,8-11,13-16,27-28H,6-7,12,17-19H2,1H3,(H,33,41)(H,35,42)/t28-/m0/s1. The molecule has 12 nitrogen and oxygen atoms in total. The maximum atomic E-state index is 13.2. The molecule has 1 heterocycles. The summed E-state index contributed by atoms with van der Waals surface area (Å²) in [6, 6.07) is 22.8. The van der Waals surface area contributed by atoms with Gasteiger partial charge in [-0.2, -0.15) is 0 Å². The molecule has 3 aromatic carbocycles. The molecule has 1 aromatic heterocycles. The Hall–Kier alpha value is -5.35. The van der Waals surface area contributed by atoms with Crippen LogP contribution in [0, 0.1) is 6.92 Å². The Labute approximate surface area is 248 Å². The van der Waals surface area contributed by atoms with E-state index in [2.05, 4.69) is 65.3 Å². The zero-order chi connectivity index (χ0) is 30.0. The second kappa shape index (κ2) is 14.0. The summed E-state index contributed by atoms with van der Waals surface area (Å²) < 4.78 is 5.67. The van der Waals surface area contributed by atoms with Crippen LogP contribution in [0.5, 0.6) is 0 Å². The molecule has 1 aliphatic rings. The number of azide groups is 1. The number of unbranched alkanes of at least 4 members (excludes halogenated alkanes) is 1. The smallest absolute Gasteiger partial charge is 0.407 e. The molecule has 1 atom stereocenters. The van der Waals surface area contributed by atoms with Gasteiger partial charge in [0.05, 0.1) is 0 Å². The van der Waals surface area contributed by atoms with Gasteiger partial charge in [0.2, 0.25) is 11.7 Å². The van der Waals surface area contributed by atoms with E-state index >= 15 is 0 Å². The van der Waals surface area contributed by atoms with Crippen LogP contribution < -0.4 is 10.6 Å². The average Bonchev–Trinajstić information content (AvgIpc) is 3.36. The number of rotatable bonds is 12. The number of carbonyl (C=O) groups is 2. The van der Waals surface area contributed by atoms with Crippen molar-refractivity contribution in [1.29, 1.82) is 0 Å². The summed E-state index contributed by atoms with van der Waals surface area (Å²) in [5, 5.41) is 25.1. The van der Waals surface area contributed by atoms with Crippen molar-refractivity contribution in [3.8, 4) is 22.5 Å². The number of benzene rings is 3. The number of amides is 2. The summed E-state index contributed by atoms with van der Waals surface area (Å²) in [5.41, 5.74) is 14.6. The Morgan fingerprint density at radius 1 is 0.930 bits per heavy atom. The van der Waals surface area contributed by atoms with Crippen LogP contribution in [0.25, 0.3) is 33.0 Å². The van der Waals surface area contributed by atoms with Gasteiger partial charge in [-0.3, -0.25) is 4.79 Å². The minimum Gasteiger partial charge on any atom is -0.449 e. The highest BCUT2D eigenvalue weighted by Gasteiger charge is 2.29. The first-order valence-electron chi connectivity index (χ1n) is 14.1. The van der Waals surface area contributed by atoms with E-state index in [-0.39, 0.29) is 25.0 Å². The molecule has 5 rings (SSSR count). The first-order valence-corrected chi connectivity index (χ1v) is 14.1. The first-order chi connectivity index (χ1) is 21.0. The Morgan fingerprint density at radius 3 is 2.23 bits per heavy atom. The van der Waals surface area contributed by atoms with E-state index in [0.29, 0.717) is 37.5 Å². The second-order valence-corrected chi connectivity index (χ2v) is 10.2. The van der Waals surface area contributed by atoms with Gasteiger partial charge in [-0.05, 0) is 53.1 Å². The van der Waals surface area contributed by atoms with Crippen LogP contribution in [0.3, 0.4) is 0 Å². The molecule has 0 aliphatic heterocycles. The number of hydrogen-bond acceptors (Lipinski definition) is 8. The van der Waals surface area contributed by atoms with E-state index < -0.39 is 12.1 Å². The van der Waals surface area contributed by atoms with E-state index in [1.165, 1.54) is 0 Å². The topological polar surface area (TPSA) is 168 Å². The van der Waals surface area contributed by atoms with Gasteiger partial charge in [-0.25, -0.2) is 4.79 Å². The summed E-state index contributed by atoms with van der Waals surface area (Å²) in [6.07, 6.45) is 0.864. The summed E-state index contributed by atoms with van der Waals surface area (Å²) in [6.45, 7) is 2.43. The van der Waals surface area contributed by atoms with Crippen LogP contribution in [-0.2, 0) is 16.1 Å². The molecule has 0 bridgehead atoms. The fourth-order valence-electron chi connectivity index (χ4n) is 5.11. The maximum Gasteiger partial charge on any atom is 0.407 e. The van der Waals surface area contributed by atoms with Crippen LogP contribution in [0.2, 0.25) is 0 Å². The molecule has 0 unspecified atom stereocenters. The molecule has 0 fully saturated rings. The fraction of sp³-hybridized carbons (Fsp3) is 0.290. The second-order valence-electron chi connectivity index (χ2n) is 10.2. The Morgan fingerprint density at radius 2 is 1.58 bits per heavy atom. The van der Waals surface area contributed by atoms with Crippen LogP contribution >= 0.6 is 0 Å². The lowest BCUT2D eigenvalue weighted by Gasteiger charge is -2.20. The summed E-state index contributed by atoms with van der Waals surface area (Å²) in [5.74, 6) is 0.474. The largest absolute Gasteiger partial charge is 0.449 e. The van der Waals surface area contributed by atoms with E-state index in [1.54, 1.807) is 6.92 Å². The Kier molecular flexibility index (Phi) is 9.50. The van der Waals surface area contributed by atoms with Gasteiger partial charge in [0, 0.05) is 29.5 Å². The molecule has 0 radical (unpaired) electrons. The van der Waals surface area contributed by atoms with Crippen LogP contribution in [-0.4, -0.2) is 51.6 Å². The van der Waals surface area contributed by atoms with Gasteiger partial charge in [-0.15, -0.1) is 20.4 Å². The van der Waals surface area contributed by atoms with E-state index in [9.17, 15) is 9.59 Å². The zero-order valence-corrected chi connectivity index (χ0v) is 23.7. The number of nitrogens with one attached hydrogen (secondary N) is 2. The van der Waals surface area contributed by atoms with Gasteiger partial charge in [0.25, 0.3) is 0 Å². The van der Waals surface area contributed by atoms with Crippen molar-refractivity contribution in [2.75, 3.05) is 13.2 Å². The van der Waals surface area contributed by atoms with Gasteiger partial charge in [0.15, 0.2) is 5.82 Å². The minimum absolute atomic E-state index is 0.0888. The lowest BCUT2D eigenvalue weighted by molar-refractivity contribution is -0.123. The summed E-state index contributed by atoms with van der Waals surface area (Å²) >= 11 is 0. The van der Waals surface area contributed by atoms with E-state index in [0.717, 1.165) is 33.4 Å². The first kappa shape index (κ1) is 29.2. The molecule has 0 saturated carbocycles. The van der Waals surface area contributed by atoms with Crippen LogP contribution in [0.4, 0.5) is 4.79 Å². The molecule has 1 aliphatic carbocycles. The lowest BCUT2D eigenvalue weighted by atomic mass is 9.98. The molecule has 43 heavy (non-hydrogen) atoms. The molecule has 2 amide bonds. The third kappa shape index (κ3) is 7.30. The number of carbonyl (C=O) groups excluding carboxylic acids is 2. The van der Waals surface area contributed by atoms with Gasteiger partial charge in [-0.1, -0.05) is 84.3 Å². The van der Waals surface area contributed by atoms with Crippen molar-refractivity contribution in [3.05, 3.63) is 106 Å². The molecule has 2 N–H and O–H groups in total. The fourth-order valence-corrected chi connectivity index (χ4v) is 5.11. The summed E-state index contributed by atoms with van der Waals surface area (Å²) in [7, 11) is 0. The number of aromatic nitrogens is 4. The van der Waals surface area contributed by atoms with Gasteiger partial charge in [0.1, 0.15) is 12.6 Å². The highest BCUT2D eigenvalue weighted by molar-refractivity contribution is 5.85. The molecule has 218 valence electrons. The number of hydrogen-bond donors (Lipinski definition) is 2. The molecular weight excluding hydrogens is 546 g/mol. The molecule has 4 aromatic rings. The number of alkyl carbamates (subject to hydrolysis) is 1. The predicted molar refractivity (Wildman–Crippen MR) is 159 cm³/mol. The van der Waals surface area contributed by atoms with Crippen LogP contribution in [0.15, 0.2) is 77.9 Å². The van der Waals surface area contributed by atoms with Crippen molar-refractivity contribution in [1.82, 2.24) is 31.0 Å². The van der Waals surface area contributed by atoms with Gasteiger partial charge >= 0.3 is 6.09 Å². The Bertz CT molecular complexity index is 1580. The third-order valence-corrected chi connectivity index (χ3v) is 7.27. The Balaban J connectivity index is 1.19. The highest BCUT2D eigenvalue weighted by atomic mass is 16.5. The maximum absolute atomic E-state index is 13.2. The SMILES string of the molecule is Cc1nnc(-c2ccc(CNC(=O)[C@H](CCCCN=[N+]=[N-])NC(=O)OCC3c4ccccc4-c4ccccc43)cc2)nn1. The van der Waals surface area contributed by atoms with Crippen molar-refractivity contribution < 1.29 is 14.3 Å². The van der Waals surface area contributed by atoms with Crippen molar-refractivity contribution in [3.63, 3.8) is 0 Å². The minimum atomic E-state index is -0.820. The monoisotopic (exact) mass is 577 g/mol. The normalized spacial score (nSPS) is 12.4. The average molecular weight is 578 g/mol. The molecule has 0 saturated heterocycles. The number of fused-ring (bicyclic) bond motifs is 3. The summed E-state index contributed by atoms with van der Waals surface area (Å²) in [4.78, 5) is 28.9. The number of ether oxygens (including phenoxy) is 1. The molecule has 0 spiro atoms. The number of nitrogens with zero attached hydrogens (tertiary/aromatic N) is 7. The van der Waals surface area contributed by atoms with Gasteiger partial charge < -0.3 is 15.4 Å². The molecular formula is C31H31N9O3. The van der Waals surface area contributed by atoms with Crippen LogP contribution in [0.1, 0.15) is 47.7 Å². The van der Waals surface area contributed by atoms with Crippen molar-refractivity contribution in [2.24, 2.45) is 5.11 Å². The van der Waals surface area contributed by atoms with Crippen molar-refractivity contribution in [2.45, 2.75) is 44.7 Å². The number of aryl methyl sites for hydroxylation is 1. The van der Waals surface area contributed by atoms with E-state index in [1.807, 2.05) is 48.5 Å².